The van der Waals surface area contributed by atoms with E-state index in [1.54, 1.807) is 0 Å². The number of ether oxygens (including phenoxy) is 1. The molecule has 14 aromatic rings. The van der Waals surface area contributed by atoms with E-state index < -0.39 is 0 Å². The molecule has 4 heterocycles. The second-order valence-electron chi connectivity index (χ2n) is 30.3. The highest BCUT2D eigenvalue weighted by molar-refractivity contribution is 7.00. The van der Waals surface area contributed by atoms with Crippen LogP contribution in [-0.4, -0.2) is 15.7 Å². The highest BCUT2D eigenvalue weighted by Gasteiger charge is 2.46. The number of nitrogens with zero attached hydrogens (tertiary/aromatic N) is 2. The van der Waals surface area contributed by atoms with Crippen molar-refractivity contribution in [3.8, 4) is 106 Å². The number of fused-ring (bicyclic) bond motifs is 16. The van der Waals surface area contributed by atoms with Crippen molar-refractivity contribution in [1.29, 1.82) is 0 Å². The Kier molecular flexibility index (Phi) is 15.1. The monoisotopic (exact) mass is 1290 g/mol. The zero-order valence-corrected chi connectivity index (χ0v) is 59.3. The molecule has 2 aliphatic carbocycles. The van der Waals surface area contributed by atoms with E-state index in [0.717, 1.165) is 36.3 Å². The van der Waals surface area contributed by atoms with Gasteiger partial charge in [-0.1, -0.05) is 281 Å². The van der Waals surface area contributed by atoms with Crippen molar-refractivity contribution in [3.63, 3.8) is 0 Å². The van der Waals surface area contributed by atoms with Crippen molar-refractivity contribution >= 4 is 50.7 Å². The second-order valence-corrected chi connectivity index (χ2v) is 30.3. The van der Waals surface area contributed by atoms with Crippen LogP contribution in [0.15, 0.2) is 249 Å². The van der Waals surface area contributed by atoms with Gasteiger partial charge in [0.1, 0.15) is 17.1 Å². The van der Waals surface area contributed by atoms with Crippen LogP contribution in [-0.2, 0) is 10.8 Å². The molecule has 4 unspecified atom stereocenters. The zero-order valence-electron chi connectivity index (χ0n) is 59.3. The predicted molar refractivity (Wildman–Crippen MR) is 425 cm³/mol. The Morgan fingerprint density at radius 2 is 0.790 bits per heavy atom. The van der Waals surface area contributed by atoms with E-state index in [1.165, 1.54) is 211 Å². The Hall–Kier alpha value is -10.2. The van der Waals surface area contributed by atoms with Crippen LogP contribution in [0.5, 0.6) is 11.5 Å². The number of aromatic nitrogens is 2. The first-order chi connectivity index (χ1) is 48.9. The summed E-state index contributed by atoms with van der Waals surface area (Å²) in [6.07, 6.45) is 12.1. The Morgan fingerprint density at radius 1 is 0.370 bits per heavy atom. The van der Waals surface area contributed by atoms with Crippen molar-refractivity contribution in [2.45, 2.75) is 130 Å². The van der Waals surface area contributed by atoms with Gasteiger partial charge in [-0.15, -0.1) is 0 Å². The van der Waals surface area contributed by atoms with E-state index in [9.17, 15) is 0 Å². The van der Waals surface area contributed by atoms with Crippen LogP contribution in [0.1, 0.15) is 139 Å². The van der Waals surface area contributed by atoms with Crippen LogP contribution in [0.4, 0.5) is 0 Å². The number of unbranched alkanes of at least 4 members (excludes halogenated alkanes) is 2. The molecule has 4 heteroatoms. The second kappa shape index (κ2) is 24.3. The molecule has 4 atom stereocenters. The van der Waals surface area contributed by atoms with Gasteiger partial charge in [0.2, 0.25) is 0 Å². The average molecular weight is 1300 g/mol. The maximum atomic E-state index is 7.58. The fraction of sp³-hybridized carbons (Fsp3) is 0.229. The van der Waals surface area contributed by atoms with Gasteiger partial charge in [-0.25, -0.2) is 0 Å². The Labute approximate surface area is 591 Å². The molecule has 2 aliphatic heterocycles. The summed E-state index contributed by atoms with van der Waals surface area (Å²) in [5, 5.41) is 1.28. The first-order valence-corrected chi connectivity index (χ1v) is 37.4. The van der Waals surface area contributed by atoms with Crippen molar-refractivity contribution in [3.05, 3.63) is 282 Å². The molecule has 0 amide bonds. The summed E-state index contributed by atoms with van der Waals surface area (Å²) in [4.78, 5) is 0. The first-order valence-electron chi connectivity index (χ1n) is 37.4. The first kappa shape index (κ1) is 62.1. The molecule has 0 N–H and O–H groups in total. The molecule has 0 bridgehead atoms. The number of aryl methyl sites for hydroxylation is 2. The van der Waals surface area contributed by atoms with E-state index >= 15 is 0 Å². The lowest BCUT2D eigenvalue weighted by molar-refractivity contribution is 0.348. The Bertz CT molecular complexity index is 5610. The molecule has 490 valence electrons. The largest absolute Gasteiger partial charge is 0.458 e. The minimum Gasteiger partial charge on any atom is -0.458 e. The summed E-state index contributed by atoms with van der Waals surface area (Å²) in [5.74, 6) is 3.07. The lowest BCUT2D eigenvalue weighted by atomic mass is 9.34. The molecular weight excluding hydrogens is 1210 g/mol. The van der Waals surface area contributed by atoms with Gasteiger partial charge in [-0.2, -0.15) is 0 Å². The lowest BCUT2D eigenvalue weighted by Crippen LogP contribution is -2.58. The topological polar surface area (TPSA) is 18.6 Å². The van der Waals surface area contributed by atoms with Gasteiger partial charge in [0.15, 0.2) is 0 Å². The summed E-state index contributed by atoms with van der Waals surface area (Å²) in [6, 6.07) is 95.5. The molecule has 0 saturated heterocycles. The van der Waals surface area contributed by atoms with Crippen molar-refractivity contribution in [1.82, 2.24) is 8.97 Å². The van der Waals surface area contributed by atoms with Crippen LogP contribution in [0, 0.1) is 25.7 Å². The predicted octanol–water partition coefficient (Wildman–Crippen LogP) is 24.4. The Balaban J connectivity index is 0.757. The highest BCUT2D eigenvalue weighted by Crippen LogP contribution is 2.57. The minimum absolute atomic E-state index is 0.0590. The molecule has 100 heavy (non-hydrogen) atoms. The van der Waals surface area contributed by atoms with Crippen LogP contribution in [0.2, 0.25) is 0 Å². The molecule has 0 saturated carbocycles. The van der Waals surface area contributed by atoms with Crippen LogP contribution in [0.3, 0.4) is 0 Å². The summed E-state index contributed by atoms with van der Waals surface area (Å²) < 4.78 is 12.7. The van der Waals surface area contributed by atoms with E-state index in [2.05, 4.69) is 313 Å². The van der Waals surface area contributed by atoms with Gasteiger partial charge < -0.3 is 4.74 Å². The van der Waals surface area contributed by atoms with Gasteiger partial charge in [0.25, 0.3) is 6.71 Å². The number of rotatable bonds is 18. The fourth-order valence-electron chi connectivity index (χ4n) is 19.2. The molecule has 4 aliphatic rings. The molecular formula is C96H87BN2O. The van der Waals surface area contributed by atoms with Gasteiger partial charge in [-0.05, 0) is 243 Å². The summed E-state index contributed by atoms with van der Waals surface area (Å²) in [7, 11) is 0. The summed E-state index contributed by atoms with van der Waals surface area (Å²) in [5.41, 5.74) is 38.3. The molecule has 3 nitrogen and oxygen atoms in total. The third-order valence-electron chi connectivity index (χ3n) is 24.4. The van der Waals surface area contributed by atoms with Crippen LogP contribution < -0.4 is 21.1 Å². The highest BCUT2D eigenvalue weighted by atomic mass is 16.5. The van der Waals surface area contributed by atoms with Gasteiger partial charge in [0, 0.05) is 16.5 Å². The van der Waals surface area contributed by atoms with Crippen LogP contribution >= 0.6 is 0 Å². The quantitative estimate of drug-likeness (QED) is 0.0784. The fourth-order valence-corrected chi connectivity index (χ4v) is 19.2. The number of para-hydroxylation sites is 3. The van der Waals surface area contributed by atoms with Crippen molar-refractivity contribution in [2.75, 3.05) is 0 Å². The third-order valence-corrected chi connectivity index (χ3v) is 24.4. The lowest BCUT2D eigenvalue weighted by Gasteiger charge is -2.33. The molecule has 2 aromatic heterocycles. The standard InChI is InChI=1S/C96H87BN2O/c1-9-13-25-62(11-3)58-95(7)81-51-67(65-29-19-16-20-30-65)36-44-76(81)77-45-37-68(52-82(77)95)69-38-46-78-79-47-39-70(54-84(79)96(8,83(78)53-69)59-63(12-4)26-14-10-2)73-55-89-93-91(57-73)100-90-56-72(75-43-40-71(50-61(75)6)74-42-35-66(49-60(74)5)64-27-17-15-18-28-64)41-48-85(90)97(93)92-80-31-21-22-32-86(80)98-87-33-23-24-34-88(87)99(89)94(92)98/h15-24,27-57,62-63H,9-14,25-26,58-59H2,1-8H3. The summed E-state index contributed by atoms with van der Waals surface area (Å²) >= 11 is 0. The normalized spacial score (nSPS) is 16.5. The SMILES string of the molecule is CCCCC(CC)CC1(C)c2cc(-c3ccccc3)ccc2-c2ccc(-c3ccc4c(c3)C(C)(CC(CC)CCCC)c3cc(-c5cc6c7c(c5)-n5c8ccccc8n8c9ccccc9c(c58)B7c5ccc(-c7ccc(-c8ccc(-c9ccccc9)cc8C)cc7C)cc5O6)ccc3-4)cc21. The molecule has 12 aromatic carbocycles. The van der Waals surface area contributed by atoms with E-state index in [1.807, 2.05) is 0 Å². The van der Waals surface area contributed by atoms with E-state index in [4.69, 9.17) is 4.74 Å². The molecule has 0 fully saturated rings. The Morgan fingerprint density at radius 3 is 1.31 bits per heavy atom. The van der Waals surface area contributed by atoms with Gasteiger partial charge in [-0.3, -0.25) is 8.97 Å². The van der Waals surface area contributed by atoms with E-state index in [-0.39, 0.29) is 17.5 Å². The number of benzene rings is 12. The third kappa shape index (κ3) is 9.74. The maximum absolute atomic E-state index is 7.58. The van der Waals surface area contributed by atoms with E-state index in [0.29, 0.717) is 11.8 Å². The maximum Gasteiger partial charge on any atom is 0.259 e. The average Bonchev–Trinajstić information content (AvgIpc) is 1.48. The van der Waals surface area contributed by atoms with Crippen molar-refractivity contribution in [2.24, 2.45) is 11.8 Å². The number of hydrogen-bond acceptors (Lipinski definition) is 1. The molecule has 0 spiro atoms. The van der Waals surface area contributed by atoms with Gasteiger partial charge >= 0.3 is 0 Å². The zero-order chi connectivity index (χ0) is 67.7. The minimum atomic E-state index is -0.237. The number of imidazole rings is 1. The van der Waals surface area contributed by atoms with Crippen molar-refractivity contribution < 1.29 is 4.74 Å². The summed E-state index contributed by atoms with van der Waals surface area (Å²) in [6.45, 7) is 19.2. The number of hydrogen-bond donors (Lipinski definition) is 0. The smallest absolute Gasteiger partial charge is 0.259 e. The molecule has 18 rings (SSSR count). The molecule has 0 radical (unpaired) electrons. The van der Waals surface area contributed by atoms with Crippen LogP contribution in [0.25, 0.3) is 122 Å². The van der Waals surface area contributed by atoms with Gasteiger partial charge in [0.05, 0.1) is 16.6 Å².